The first-order valence-electron chi connectivity index (χ1n) is 4.95. The van der Waals surface area contributed by atoms with Gasteiger partial charge in [0.15, 0.2) is 0 Å². The first-order valence-corrected chi connectivity index (χ1v) is 5.83. The van der Waals surface area contributed by atoms with E-state index < -0.39 is 0 Å². The number of nitrogens with zero attached hydrogens (tertiary/aromatic N) is 1. The third kappa shape index (κ3) is 1.37. The van der Waals surface area contributed by atoms with Crippen LogP contribution in [0, 0.1) is 6.07 Å². The van der Waals surface area contributed by atoms with Gasteiger partial charge in [0.1, 0.15) is 0 Å². The molecule has 0 fully saturated rings. The number of pyridine rings is 1. The average molecular weight is 225 g/mol. The van der Waals surface area contributed by atoms with Gasteiger partial charge in [0, 0.05) is 33.3 Å². The van der Waals surface area contributed by atoms with Crippen LogP contribution in [0.4, 0.5) is 5.69 Å². The first-order chi connectivity index (χ1) is 7.86. The Hall–Kier alpha value is -1.87. The number of hydrogen-bond donors (Lipinski definition) is 1. The number of fused-ring (bicyclic) bond motifs is 1. The summed E-state index contributed by atoms with van der Waals surface area (Å²) in [6.45, 7) is 0. The molecule has 2 aromatic heterocycles. The lowest BCUT2D eigenvalue weighted by atomic mass is 10.1. The second-order valence-electron chi connectivity index (χ2n) is 3.50. The number of nitrogen functional groups attached to an aromatic ring is 1. The number of rotatable bonds is 1. The molecule has 2 heterocycles. The molecule has 1 aromatic carbocycles. The number of hydrogen-bond acceptors (Lipinski definition) is 3. The van der Waals surface area contributed by atoms with Crippen molar-refractivity contribution in [3.05, 3.63) is 48.0 Å². The third-order valence-electron chi connectivity index (χ3n) is 2.51. The van der Waals surface area contributed by atoms with E-state index in [-0.39, 0.29) is 0 Å². The maximum atomic E-state index is 5.89. The van der Waals surface area contributed by atoms with Gasteiger partial charge in [-0.2, -0.15) is 0 Å². The highest BCUT2D eigenvalue weighted by atomic mass is 32.1. The minimum absolute atomic E-state index is 0.603. The van der Waals surface area contributed by atoms with Crippen molar-refractivity contribution in [2.45, 2.75) is 0 Å². The lowest BCUT2D eigenvalue weighted by Gasteiger charge is -2.01. The second-order valence-corrected chi connectivity index (χ2v) is 4.41. The molecule has 0 atom stereocenters. The van der Waals surface area contributed by atoms with Crippen molar-refractivity contribution in [3.8, 4) is 11.3 Å². The van der Waals surface area contributed by atoms with Crippen LogP contribution in [0.5, 0.6) is 0 Å². The number of benzene rings is 1. The van der Waals surface area contributed by atoms with Gasteiger partial charge in [-0.1, -0.05) is 18.2 Å². The van der Waals surface area contributed by atoms with E-state index in [4.69, 9.17) is 5.73 Å². The van der Waals surface area contributed by atoms with Crippen molar-refractivity contribution < 1.29 is 0 Å². The van der Waals surface area contributed by atoms with E-state index in [0.29, 0.717) is 5.69 Å². The van der Waals surface area contributed by atoms with Crippen LogP contribution in [0.3, 0.4) is 0 Å². The van der Waals surface area contributed by atoms with Gasteiger partial charge in [0.25, 0.3) is 0 Å². The average Bonchev–Trinajstić information content (AvgIpc) is 2.74. The molecule has 2 N–H and O–H groups in total. The van der Waals surface area contributed by atoms with Crippen LogP contribution < -0.4 is 5.73 Å². The topological polar surface area (TPSA) is 38.9 Å². The summed E-state index contributed by atoms with van der Waals surface area (Å²) < 4.78 is 1.25. The Morgan fingerprint density at radius 2 is 2.12 bits per heavy atom. The fourth-order valence-electron chi connectivity index (χ4n) is 1.75. The van der Waals surface area contributed by atoms with Gasteiger partial charge >= 0.3 is 0 Å². The summed E-state index contributed by atoms with van der Waals surface area (Å²) in [5.74, 6) is 0. The SMILES string of the molecule is Nc1[c]ccnc1-c1csc2ccccc12. The van der Waals surface area contributed by atoms with Crippen molar-refractivity contribution in [2.75, 3.05) is 5.73 Å². The Balaban J connectivity index is 2.31. The van der Waals surface area contributed by atoms with Crippen LogP contribution >= 0.6 is 11.3 Å². The van der Waals surface area contributed by atoms with E-state index in [1.165, 1.54) is 10.1 Å². The van der Waals surface area contributed by atoms with Gasteiger partial charge < -0.3 is 5.73 Å². The van der Waals surface area contributed by atoms with E-state index >= 15 is 0 Å². The van der Waals surface area contributed by atoms with Crippen molar-refractivity contribution in [2.24, 2.45) is 0 Å². The molecule has 0 aliphatic heterocycles. The van der Waals surface area contributed by atoms with E-state index in [1.54, 1.807) is 23.6 Å². The zero-order chi connectivity index (χ0) is 11.0. The molecular formula is C13H9N2S. The van der Waals surface area contributed by atoms with E-state index in [1.807, 2.05) is 12.1 Å². The van der Waals surface area contributed by atoms with Crippen LogP contribution in [0.1, 0.15) is 0 Å². The predicted octanol–water partition coefficient (Wildman–Crippen LogP) is 3.35. The van der Waals surface area contributed by atoms with Gasteiger partial charge in [-0.3, -0.25) is 4.98 Å². The molecule has 0 aliphatic rings. The molecule has 0 unspecified atom stereocenters. The molecule has 0 saturated heterocycles. The molecule has 2 nitrogen and oxygen atoms in total. The zero-order valence-electron chi connectivity index (χ0n) is 8.47. The molecule has 3 heteroatoms. The van der Waals surface area contributed by atoms with Gasteiger partial charge in [-0.05, 0) is 12.1 Å². The summed E-state index contributed by atoms with van der Waals surface area (Å²) in [5, 5.41) is 3.29. The molecular weight excluding hydrogens is 216 g/mol. The summed E-state index contributed by atoms with van der Waals surface area (Å²) >= 11 is 1.71. The smallest absolute Gasteiger partial charge is 0.0952 e. The number of aromatic nitrogens is 1. The molecule has 0 amide bonds. The quantitative estimate of drug-likeness (QED) is 0.689. The van der Waals surface area contributed by atoms with Crippen LogP contribution in [0.25, 0.3) is 21.3 Å². The van der Waals surface area contributed by atoms with Crippen molar-refractivity contribution in [1.29, 1.82) is 0 Å². The Morgan fingerprint density at radius 1 is 1.25 bits per heavy atom. The second kappa shape index (κ2) is 3.61. The molecule has 0 spiro atoms. The molecule has 16 heavy (non-hydrogen) atoms. The molecule has 0 saturated carbocycles. The largest absolute Gasteiger partial charge is 0.396 e. The Labute approximate surface area is 97.4 Å². The fourth-order valence-corrected chi connectivity index (χ4v) is 2.70. The van der Waals surface area contributed by atoms with Gasteiger partial charge in [-0.15, -0.1) is 11.3 Å². The highest BCUT2D eigenvalue weighted by Gasteiger charge is 2.09. The van der Waals surface area contributed by atoms with Gasteiger partial charge in [0.2, 0.25) is 0 Å². The summed E-state index contributed by atoms with van der Waals surface area (Å²) in [6.07, 6.45) is 1.72. The first kappa shape index (κ1) is 9.36. The van der Waals surface area contributed by atoms with Crippen molar-refractivity contribution >= 4 is 27.1 Å². The highest BCUT2D eigenvalue weighted by molar-refractivity contribution is 7.17. The van der Waals surface area contributed by atoms with Gasteiger partial charge in [-0.25, -0.2) is 0 Å². The summed E-state index contributed by atoms with van der Waals surface area (Å²) in [5.41, 5.74) is 8.40. The number of thiophene rings is 1. The highest BCUT2D eigenvalue weighted by Crippen LogP contribution is 2.34. The zero-order valence-corrected chi connectivity index (χ0v) is 9.29. The summed E-state index contributed by atoms with van der Waals surface area (Å²) in [7, 11) is 0. The minimum Gasteiger partial charge on any atom is -0.396 e. The Morgan fingerprint density at radius 3 is 3.00 bits per heavy atom. The predicted molar refractivity (Wildman–Crippen MR) is 68.3 cm³/mol. The standard InChI is InChI=1S/C13H9N2S/c14-11-5-3-7-15-13(11)10-8-16-12-6-2-1-4-9(10)12/h1-4,6-8H,14H2. The maximum absolute atomic E-state index is 5.89. The van der Waals surface area contributed by atoms with Crippen LogP contribution in [-0.2, 0) is 0 Å². The van der Waals surface area contributed by atoms with Crippen molar-refractivity contribution in [1.82, 2.24) is 4.98 Å². The molecule has 1 radical (unpaired) electrons. The summed E-state index contributed by atoms with van der Waals surface area (Å²) in [4.78, 5) is 4.32. The molecule has 3 rings (SSSR count). The van der Waals surface area contributed by atoms with E-state index in [2.05, 4.69) is 28.6 Å². The third-order valence-corrected chi connectivity index (χ3v) is 3.47. The summed E-state index contributed by atoms with van der Waals surface area (Å²) in [6, 6.07) is 13.0. The van der Waals surface area contributed by atoms with Gasteiger partial charge in [0.05, 0.1) is 11.4 Å². The van der Waals surface area contributed by atoms with E-state index in [9.17, 15) is 0 Å². The number of nitrogens with two attached hydrogens (primary N) is 1. The lowest BCUT2D eigenvalue weighted by Crippen LogP contribution is -1.91. The monoisotopic (exact) mass is 225 g/mol. The lowest BCUT2D eigenvalue weighted by molar-refractivity contribution is 1.34. The maximum Gasteiger partial charge on any atom is 0.0952 e. The molecule has 3 aromatic rings. The van der Waals surface area contributed by atoms with Crippen LogP contribution in [0.15, 0.2) is 41.9 Å². The Kier molecular flexibility index (Phi) is 2.11. The molecule has 0 bridgehead atoms. The Bertz CT molecular complexity index is 643. The number of anilines is 1. The van der Waals surface area contributed by atoms with Crippen molar-refractivity contribution in [3.63, 3.8) is 0 Å². The van der Waals surface area contributed by atoms with Crippen LogP contribution in [-0.4, -0.2) is 4.98 Å². The fraction of sp³-hybridized carbons (Fsp3) is 0. The normalized spacial score (nSPS) is 10.8. The van der Waals surface area contributed by atoms with E-state index in [0.717, 1.165) is 11.3 Å². The molecule has 77 valence electrons. The minimum atomic E-state index is 0.603. The molecule has 0 aliphatic carbocycles. The van der Waals surface area contributed by atoms with Crippen LogP contribution in [0.2, 0.25) is 0 Å².